The second kappa shape index (κ2) is 19.8. The van der Waals surface area contributed by atoms with Crippen LogP contribution in [0.5, 0.6) is 34.5 Å². The third kappa shape index (κ3) is 9.32. The molecule has 8 bridgehead atoms. The molecule has 12 rings (SSSR count). The Labute approximate surface area is 404 Å². The first-order valence-corrected chi connectivity index (χ1v) is 21.3. The van der Waals surface area contributed by atoms with Gasteiger partial charge in [0.15, 0.2) is 0 Å². The van der Waals surface area contributed by atoms with Crippen molar-refractivity contribution in [2.75, 3.05) is 0 Å². The number of aryl methyl sites for hydroxylation is 1. The molecule has 7 aromatic carbocycles. The van der Waals surface area contributed by atoms with Crippen molar-refractivity contribution in [3.63, 3.8) is 0 Å². The molecule has 11 nitrogen and oxygen atoms in total. The summed E-state index contributed by atoms with van der Waals surface area (Å²) >= 11 is 0. The Hall–Kier alpha value is -9.14. The van der Waals surface area contributed by atoms with Crippen LogP contribution < -0.4 is 24.2 Å². The van der Waals surface area contributed by atoms with Gasteiger partial charge in [-0.25, -0.2) is 9.97 Å². The van der Waals surface area contributed by atoms with Crippen LogP contribution in [0.1, 0.15) is 5.56 Å². The minimum absolute atomic E-state index is 0. The maximum absolute atomic E-state index is 8.12. The molecule has 0 unspecified atom stereocenters. The third-order valence-corrected chi connectivity index (χ3v) is 11.4. The number of benzene rings is 7. The first-order valence-electron chi connectivity index (χ1n) is 21.3. The van der Waals surface area contributed by atoms with Gasteiger partial charge in [-0.3, -0.25) is 0 Å². The second-order valence-electron chi connectivity index (χ2n) is 15.7. The Kier molecular flexibility index (Phi) is 12.9. The zero-order chi connectivity index (χ0) is 46.6. The van der Waals surface area contributed by atoms with Gasteiger partial charge in [-0.1, -0.05) is 90.5 Å². The van der Waals surface area contributed by atoms with Crippen LogP contribution in [-0.4, -0.2) is 22.3 Å². The van der Waals surface area contributed by atoms with Gasteiger partial charge in [-0.05, 0) is 132 Å². The van der Waals surface area contributed by atoms with Gasteiger partial charge in [0.1, 0.15) is 34.5 Å². The summed E-state index contributed by atoms with van der Waals surface area (Å²) in [6.45, 7) is 2.07. The van der Waals surface area contributed by atoms with Crippen molar-refractivity contribution in [2.45, 2.75) is 6.92 Å². The van der Waals surface area contributed by atoms with Crippen molar-refractivity contribution in [3.8, 4) is 79.5 Å². The molecule has 0 aliphatic carbocycles. The minimum atomic E-state index is 0. The molecule has 0 N–H and O–H groups in total. The predicted molar refractivity (Wildman–Crippen MR) is 257 cm³/mol. The van der Waals surface area contributed by atoms with E-state index in [1.165, 1.54) is 5.56 Å². The molecule has 5 heterocycles. The van der Waals surface area contributed by atoms with Gasteiger partial charge in [0.2, 0.25) is 0 Å². The Balaban J connectivity index is 0.000000808. The van der Waals surface area contributed by atoms with Gasteiger partial charge in [-0.2, -0.15) is 19.2 Å². The monoisotopic (exact) mass is 949 g/mol. The molecular formula is C57H34CuN4O7. The van der Waals surface area contributed by atoms with Crippen molar-refractivity contribution in [1.82, 2.24) is 19.9 Å². The summed E-state index contributed by atoms with van der Waals surface area (Å²) < 4.78 is 19.1. The summed E-state index contributed by atoms with van der Waals surface area (Å²) in [5.41, 5.74) is 11.4. The Morgan fingerprint density at radius 1 is 0.348 bits per heavy atom. The molecule has 0 amide bonds. The molecule has 1 radical (unpaired) electrons. The summed E-state index contributed by atoms with van der Waals surface area (Å²) in [4.78, 5) is 53.8. The number of fused-ring (bicyclic) bond motifs is 20. The number of carbonyl (C=O) groups excluding carboxylic acids is 4. The Bertz CT molecular complexity index is 3770. The predicted octanol–water partition coefficient (Wildman–Crippen LogP) is 13.1. The topological polar surface area (TPSA) is 150 Å². The van der Waals surface area contributed by atoms with E-state index >= 15 is 0 Å². The van der Waals surface area contributed by atoms with E-state index in [-0.39, 0.29) is 29.4 Å². The first-order chi connectivity index (χ1) is 33.4. The molecule has 2 aliphatic heterocycles. The van der Waals surface area contributed by atoms with Crippen LogP contribution >= 0.6 is 0 Å². The Morgan fingerprint density at radius 2 is 0.681 bits per heavy atom. The summed E-state index contributed by atoms with van der Waals surface area (Å²) in [7, 11) is 0. The molecule has 12 heteroatoms. The smallest absolute Gasteiger partial charge is 0.657 e. The number of ether oxygens (including phenoxy) is 3. The number of rotatable bonds is 6. The molecule has 0 fully saturated rings. The van der Waals surface area contributed by atoms with Crippen molar-refractivity contribution in [2.24, 2.45) is 0 Å². The standard InChI is InChI=1S/C55H34N4O3.2CO2.Cu/c1-33-16-18-36(19-17-33)62-39-22-25-42-47(28-39)54-31-52-44-24-21-38(61-35-12-6-3-7-13-35)27-46(44)55(59-52)32-51-43-23-20-37(60-34-10-4-2-5-11-34)26-45(43)53(58-51)30-49-41-15-9-8-14-40(41)48(56-49)29-50(42)57-54;2*2-1-3;/h2-32H,1H3;;;/q-2;;;+2. The van der Waals surface area contributed by atoms with Crippen LogP contribution in [0.25, 0.3) is 88.6 Å². The van der Waals surface area contributed by atoms with Crippen LogP contribution in [-0.2, 0) is 36.2 Å². The normalized spacial score (nSPS) is 10.7. The molecule has 335 valence electrons. The van der Waals surface area contributed by atoms with E-state index in [0.717, 1.165) is 106 Å². The van der Waals surface area contributed by atoms with Gasteiger partial charge in [-0.15, -0.1) is 22.1 Å². The van der Waals surface area contributed by atoms with Gasteiger partial charge >= 0.3 is 29.4 Å². The van der Waals surface area contributed by atoms with Crippen molar-refractivity contribution < 1.29 is 50.5 Å². The minimum Gasteiger partial charge on any atom is -0.657 e. The van der Waals surface area contributed by atoms with E-state index in [2.05, 4.69) is 79.7 Å². The van der Waals surface area contributed by atoms with E-state index < -0.39 is 0 Å². The molecule has 0 saturated heterocycles. The van der Waals surface area contributed by atoms with Crippen molar-refractivity contribution >= 4 is 55.9 Å². The van der Waals surface area contributed by atoms with Crippen molar-refractivity contribution in [3.05, 3.63) is 194 Å². The molecule has 2 aliphatic rings. The maximum atomic E-state index is 8.12. The molecule has 0 saturated carbocycles. The second-order valence-corrected chi connectivity index (χ2v) is 15.7. The van der Waals surface area contributed by atoms with Crippen molar-refractivity contribution in [1.29, 1.82) is 0 Å². The maximum Gasteiger partial charge on any atom is 2.00 e. The number of hydrogen-bond acceptors (Lipinski definition) is 9. The number of aromatic nitrogens is 4. The largest absolute Gasteiger partial charge is 2.00 e. The van der Waals surface area contributed by atoms with Gasteiger partial charge in [0, 0.05) is 22.3 Å². The zero-order valence-corrected chi connectivity index (χ0v) is 37.3. The fourth-order valence-corrected chi connectivity index (χ4v) is 8.39. The number of nitrogens with zero attached hydrogens (tertiary/aromatic N) is 4. The third-order valence-electron chi connectivity index (χ3n) is 11.4. The van der Waals surface area contributed by atoms with Gasteiger partial charge in [0.05, 0.1) is 22.8 Å². The fourth-order valence-electron chi connectivity index (χ4n) is 8.39. The number of hydrogen-bond donors (Lipinski definition) is 0. The SMILES string of the molecule is Cc1ccc(Oc2ccc3c4cc5nc(cc6[n-]c(cc7nc(cc([n-]4)c3c2)-c2ccc(Oc3ccccc3)cc2-7)c2ccc(Oc3ccccc3)cc62)-c2ccccc2-5)cc1.O=C=O.O=C=O.[Cu+2]. The molecule has 0 atom stereocenters. The average Bonchev–Trinajstić information content (AvgIpc) is 4.09. The first kappa shape index (κ1) is 45.0. The van der Waals surface area contributed by atoms with E-state index in [1.807, 2.05) is 115 Å². The molecule has 10 aromatic rings. The summed E-state index contributed by atoms with van der Waals surface area (Å²) in [5.74, 6) is 4.41. The zero-order valence-electron chi connectivity index (χ0n) is 36.3. The van der Waals surface area contributed by atoms with E-state index in [4.69, 9.17) is 53.3 Å². The van der Waals surface area contributed by atoms with Gasteiger partial charge in [0.25, 0.3) is 0 Å². The molecular weight excluding hydrogens is 916 g/mol. The van der Waals surface area contributed by atoms with Crippen LogP contribution in [0.2, 0.25) is 0 Å². The van der Waals surface area contributed by atoms with E-state index in [9.17, 15) is 0 Å². The van der Waals surface area contributed by atoms with Crippen LogP contribution in [0, 0.1) is 6.92 Å². The number of para-hydroxylation sites is 2. The quantitative estimate of drug-likeness (QED) is 0.147. The fraction of sp³-hybridized carbons (Fsp3) is 0.0175. The van der Waals surface area contributed by atoms with E-state index in [1.54, 1.807) is 0 Å². The van der Waals surface area contributed by atoms with Crippen LogP contribution in [0.4, 0.5) is 0 Å². The molecule has 3 aromatic heterocycles. The van der Waals surface area contributed by atoms with Gasteiger partial charge < -0.3 is 24.2 Å². The summed E-state index contributed by atoms with van der Waals surface area (Å²) in [5, 5.41) is 3.84. The van der Waals surface area contributed by atoms with Crippen LogP contribution in [0.15, 0.2) is 188 Å². The summed E-state index contributed by atoms with van der Waals surface area (Å²) in [6, 6.07) is 62.7. The average molecular weight is 950 g/mol. The Morgan fingerprint density at radius 3 is 1.13 bits per heavy atom. The van der Waals surface area contributed by atoms with Crippen LogP contribution in [0.3, 0.4) is 0 Å². The summed E-state index contributed by atoms with van der Waals surface area (Å²) in [6.07, 6.45) is 0.500. The molecule has 0 spiro atoms. The molecule has 69 heavy (non-hydrogen) atoms. The van der Waals surface area contributed by atoms with E-state index in [0.29, 0.717) is 17.2 Å².